The number of pyridine rings is 1. The third kappa shape index (κ3) is 3.23. The Labute approximate surface area is 127 Å². The van der Waals surface area contributed by atoms with Crippen molar-refractivity contribution in [3.8, 4) is 16.9 Å². The van der Waals surface area contributed by atoms with Crippen LogP contribution in [0.1, 0.15) is 5.56 Å². The molecule has 22 heavy (non-hydrogen) atoms. The highest BCUT2D eigenvalue weighted by Crippen LogP contribution is 2.25. The van der Waals surface area contributed by atoms with Gasteiger partial charge in [-0.1, -0.05) is 30.3 Å². The first-order valence-corrected chi connectivity index (χ1v) is 6.88. The van der Waals surface area contributed by atoms with Crippen LogP contribution in [0.15, 0.2) is 71.7 Å². The molecule has 1 aromatic heterocycles. The molecule has 0 aliphatic carbocycles. The molecule has 0 atom stereocenters. The van der Waals surface area contributed by atoms with Crippen LogP contribution in [-0.4, -0.2) is 4.98 Å². The molecule has 3 rings (SSSR count). The normalized spacial score (nSPS) is 10.4. The smallest absolute Gasteiger partial charge is 0.247 e. The van der Waals surface area contributed by atoms with Crippen molar-refractivity contribution < 1.29 is 9.13 Å². The van der Waals surface area contributed by atoms with Gasteiger partial charge >= 0.3 is 0 Å². The average molecular weight is 295 g/mol. The van der Waals surface area contributed by atoms with Crippen LogP contribution >= 0.6 is 0 Å². The van der Waals surface area contributed by atoms with Crippen LogP contribution in [-0.2, 0) is 6.61 Å². The fourth-order valence-corrected chi connectivity index (χ4v) is 2.14. The van der Waals surface area contributed by atoms with E-state index in [1.165, 1.54) is 18.3 Å². The van der Waals surface area contributed by atoms with Crippen LogP contribution in [0.3, 0.4) is 0 Å². The highest BCUT2D eigenvalue weighted by atomic mass is 19.1. The molecule has 0 fully saturated rings. The average Bonchev–Trinajstić information content (AvgIpc) is 2.55. The van der Waals surface area contributed by atoms with Gasteiger partial charge in [0.2, 0.25) is 5.56 Å². The molecule has 3 nitrogen and oxygen atoms in total. The summed E-state index contributed by atoms with van der Waals surface area (Å²) in [6.07, 6.45) is 1.49. The molecule has 0 bridgehead atoms. The van der Waals surface area contributed by atoms with Crippen molar-refractivity contribution in [2.24, 2.45) is 0 Å². The van der Waals surface area contributed by atoms with Crippen molar-refractivity contribution in [1.29, 1.82) is 0 Å². The zero-order valence-electron chi connectivity index (χ0n) is 11.8. The Morgan fingerprint density at radius 3 is 2.50 bits per heavy atom. The highest BCUT2D eigenvalue weighted by molar-refractivity contribution is 5.63. The van der Waals surface area contributed by atoms with Crippen LogP contribution in [0.25, 0.3) is 11.1 Å². The first-order chi connectivity index (χ1) is 10.7. The molecule has 0 saturated carbocycles. The molecular weight excluding hydrogens is 281 g/mol. The Hall–Kier alpha value is -2.88. The minimum absolute atomic E-state index is 0.216. The summed E-state index contributed by atoms with van der Waals surface area (Å²) in [5.74, 6) is 0.0761. The minimum Gasteiger partial charge on any atom is -0.489 e. The molecular formula is C18H14FNO2. The van der Waals surface area contributed by atoms with Crippen molar-refractivity contribution >= 4 is 0 Å². The van der Waals surface area contributed by atoms with E-state index in [0.29, 0.717) is 23.5 Å². The monoisotopic (exact) mass is 295 g/mol. The van der Waals surface area contributed by atoms with E-state index in [9.17, 15) is 9.18 Å². The molecule has 4 heteroatoms. The Balaban J connectivity index is 1.77. The summed E-state index contributed by atoms with van der Waals surface area (Å²) < 4.78 is 19.8. The summed E-state index contributed by atoms with van der Waals surface area (Å²) in [7, 11) is 0. The Morgan fingerprint density at radius 2 is 1.82 bits per heavy atom. The van der Waals surface area contributed by atoms with Gasteiger partial charge in [0.25, 0.3) is 0 Å². The van der Waals surface area contributed by atoms with E-state index in [1.807, 2.05) is 30.3 Å². The number of hydrogen-bond acceptors (Lipinski definition) is 2. The number of benzene rings is 2. The van der Waals surface area contributed by atoms with Crippen LogP contribution in [0.4, 0.5) is 4.39 Å². The van der Waals surface area contributed by atoms with E-state index in [1.54, 1.807) is 18.2 Å². The molecule has 3 aromatic rings. The molecule has 0 saturated heterocycles. The van der Waals surface area contributed by atoms with Crippen LogP contribution in [0.2, 0.25) is 0 Å². The quantitative estimate of drug-likeness (QED) is 0.796. The predicted octanol–water partition coefficient (Wildman–Crippen LogP) is 3.76. The van der Waals surface area contributed by atoms with Crippen LogP contribution in [0.5, 0.6) is 5.75 Å². The number of hydrogen-bond donors (Lipinski definition) is 1. The zero-order valence-corrected chi connectivity index (χ0v) is 11.8. The van der Waals surface area contributed by atoms with Gasteiger partial charge in [-0.2, -0.15) is 0 Å². The molecule has 1 heterocycles. The lowest BCUT2D eigenvalue weighted by atomic mass is 10.1. The summed E-state index contributed by atoms with van der Waals surface area (Å²) in [4.78, 5) is 13.6. The van der Waals surface area contributed by atoms with Crippen LogP contribution < -0.4 is 10.3 Å². The molecule has 0 radical (unpaired) electrons. The number of aromatic amines is 1. The minimum atomic E-state index is -0.391. The van der Waals surface area contributed by atoms with Crippen molar-refractivity contribution in [3.63, 3.8) is 0 Å². The summed E-state index contributed by atoms with van der Waals surface area (Å²) in [5, 5.41) is 0. The first-order valence-electron chi connectivity index (χ1n) is 6.88. The molecule has 110 valence electrons. The fourth-order valence-electron chi connectivity index (χ4n) is 2.14. The largest absolute Gasteiger partial charge is 0.489 e. The maximum Gasteiger partial charge on any atom is 0.247 e. The highest BCUT2D eigenvalue weighted by Gasteiger charge is 2.07. The lowest BCUT2D eigenvalue weighted by Gasteiger charge is -2.08. The number of H-pyrrole nitrogens is 1. The van der Waals surface area contributed by atoms with Gasteiger partial charge in [-0.15, -0.1) is 0 Å². The Morgan fingerprint density at radius 1 is 1.00 bits per heavy atom. The van der Waals surface area contributed by atoms with Gasteiger partial charge in [0.05, 0.1) is 0 Å². The second-order valence-corrected chi connectivity index (χ2v) is 4.86. The summed E-state index contributed by atoms with van der Waals surface area (Å²) in [6, 6.07) is 17.4. The summed E-state index contributed by atoms with van der Waals surface area (Å²) >= 11 is 0. The van der Waals surface area contributed by atoms with Gasteiger partial charge < -0.3 is 9.72 Å². The third-order valence-electron chi connectivity index (χ3n) is 3.28. The maximum atomic E-state index is 14.2. The standard InChI is InChI=1S/C18H14FNO2/c19-17-10-15(22-12-13-4-2-1-3-5-13)7-8-16(17)14-6-9-18(21)20-11-14/h1-11H,12H2,(H,20,21). The van der Waals surface area contributed by atoms with Crippen molar-refractivity contribution in [2.75, 3.05) is 0 Å². The van der Waals surface area contributed by atoms with Crippen molar-refractivity contribution in [2.45, 2.75) is 6.61 Å². The number of nitrogens with one attached hydrogen (secondary N) is 1. The Kier molecular flexibility index (Phi) is 4.01. The van der Waals surface area contributed by atoms with Gasteiger partial charge in [-0.3, -0.25) is 4.79 Å². The van der Waals surface area contributed by atoms with Gasteiger partial charge in [0, 0.05) is 29.5 Å². The molecule has 0 spiro atoms. The topological polar surface area (TPSA) is 42.1 Å². The van der Waals surface area contributed by atoms with E-state index < -0.39 is 5.82 Å². The number of rotatable bonds is 4. The van der Waals surface area contributed by atoms with Crippen LogP contribution in [0, 0.1) is 5.82 Å². The second kappa shape index (κ2) is 6.26. The third-order valence-corrected chi connectivity index (χ3v) is 3.28. The SMILES string of the molecule is O=c1ccc(-c2ccc(OCc3ccccc3)cc2F)c[nH]1. The fraction of sp³-hybridized carbons (Fsp3) is 0.0556. The number of ether oxygens (including phenoxy) is 1. The van der Waals surface area contributed by atoms with Gasteiger partial charge in [0.1, 0.15) is 18.2 Å². The van der Waals surface area contributed by atoms with Gasteiger partial charge in [0.15, 0.2) is 0 Å². The molecule has 0 amide bonds. The first kappa shape index (κ1) is 14.1. The summed E-state index contributed by atoms with van der Waals surface area (Å²) in [5.41, 5.74) is 1.84. The lowest BCUT2D eigenvalue weighted by Crippen LogP contribution is -2.02. The zero-order chi connectivity index (χ0) is 15.4. The molecule has 1 N–H and O–H groups in total. The molecule has 0 aliphatic heterocycles. The Bertz CT molecular complexity index is 807. The van der Waals surface area contributed by atoms with Crippen molar-refractivity contribution in [3.05, 3.63) is 88.6 Å². The predicted molar refractivity (Wildman–Crippen MR) is 83.2 cm³/mol. The molecule has 2 aromatic carbocycles. The van der Waals surface area contributed by atoms with E-state index >= 15 is 0 Å². The second-order valence-electron chi connectivity index (χ2n) is 4.86. The number of aromatic nitrogens is 1. The van der Waals surface area contributed by atoms with Gasteiger partial charge in [-0.05, 0) is 23.8 Å². The lowest BCUT2D eigenvalue weighted by molar-refractivity contribution is 0.304. The van der Waals surface area contributed by atoms with Gasteiger partial charge in [-0.25, -0.2) is 4.39 Å². The van der Waals surface area contributed by atoms with E-state index in [2.05, 4.69) is 4.98 Å². The van der Waals surface area contributed by atoms with Crippen molar-refractivity contribution in [1.82, 2.24) is 4.98 Å². The van der Waals surface area contributed by atoms with E-state index in [-0.39, 0.29) is 5.56 Å². The maximum absolute atomic E-state index is 14.2. The summed E-state index contributed by atoms with van der Waals surface area (Å²) in [6.45, 7) is 0.387. The number of halogens is 1. The van der Waals surface area contributed by atoms with E-state index in [4.69, 9.17) is 4.74 Å². The molecule has 0 aliphatic rings. The van der Waals surface area contributed by atoms with E-state index in [0.717, 1.165) is 5.56 Å². The molecule has 0 unspecified atom stereocenters.